The van der Waals surface area contributed by atoms with E-state index >= 15 is 0 Å². The van der Waals surface area contributed by atoms with Crippen molar-refractivity contribution in [2.24, 2.45) is 5.73 Å². The molecule has 0 unspecified atom stereocenters. The summed E-state index contributed by atoms with van der Waals surface area (Å²) in [6, 6.07) is 7.10. The molecule has 2 aromatic rings. The van der Waals surface area contributed by atoms with Crippen LogP contribution in [0, 0.1) is 12.7 Å². The highest BCUT2D eigenvalue weighted by molar-refractivity contribution is 9.10. The maximum atomic E-state index is 13.7. The number of rotatable bonds is 3. The second kappa shape index (κ2) is 5.02. The van der Waals surface area contributed by atoms with Crippen molar-refractivity contribution in [1.29, 1.82) is 0 Å². The van der Waals surface area contributed by atoms with Crippen molar-refractivity contribution in [3.8, 4) is 0 Å². The number of nitrogens with zero attached hydrogens (tertiary/aromatic N) is 1. The molecule has 0 aliphatic carbocycles. The van der Waals surface area contributed by atoms with Gasteiger partial charge in [-0.25, -0.2) is 4.39 Å². The number of nitrogens with two attached hydrogens (primary N) is 1. The normalized spacial score (nSPS) is 10.8. The highest BCUT2D eigenvalue weighted by atomic mass is 79.9. The SMILES string of the molecule is Cc1c(CN)ccn1Cc1ccc(Br)cc1F. The van der Waals surface area contributed by atoms with Crippen molar-refractivity contribution < 1.29 is 4.39 Å². The summed E-state index contributed by atoms with van der Waals surface area (Å²) in [5.74, 6) is -0.193. The minimum atomic E-state index is -0.193. The summed E-state index contributed by atoms with van der Waals surface area (Å²) in [5.41, 5.74) is 8.48. The Kier molecular flexibility index (Phi) is 3.64. The van der Waals surface area contributed by atoms with Gasteiger partial charge >= 0.3 is 0 Å². The van der Waals surface area contributed by atoms with E-state index in [4.69, 9.17) is 5.73 Å². The summed E-state index contributed by atoms with van der Waals surface area (Å²) in [6.45, 7) is 3.05. The number of benzene rings is 1. The Morgan fingerprint density at radius 1 is 1.29 bits per heavy atom. The minimum Gasteiger partial charge on any atom is -0.347 e. The summed E-state index contributed by atoms with van der Waals surface area (Å²) in [6.07, 6.45) is 1.94. The first-order chi connectivity index (χ1) is 8.11. The molecular weight excluding hydrogens is 283 g/mol. The van der Waals surface area contributed by atoms with Crippen molar-refractivity contribution in [3.63, 3.8) is 0 Å². The summed E-state index contributed by atoms with van der Waals surface area (Å²) in [4.78, 5) is 0. The van der Waals surface area contributed by atoms with Gasteiger partial charge in [-0.15, -0.1) is 0 Å². The van der Waals surface area contributed by atoms with Crippen LogP contribution in [0.4, 0.5) is 4.39 Å². The van der Waals surface area contributed by atoms with Crippen LogP contribution in [-0.4, -0.2) is 4.57 Å². The van der Waals surface area contributed by atoms with Crippen LogP contribution in [0.3, 0.4) is 0 Å². The summed E-state index contributed by atoms with van der Waals surface area (Å²) in [5, 5.41) is 0. The molecule has 1 heterocycles. The number of aromatic nitrogens is 1. The fourth-order valence-corrected chi connectivity index (χ4v) is 2.15. The molecule has 0 atom stereocenters. The Morgan fingerprint density at radius 3 is 2.65 bits per heavy atom. The largest absolute Gasteiger partial charge is 0.347 e. The van der Waals surface area contributed by atoms with Gasteiger partial charge in [0.15, 0.2) is 0 Å². The molecule has 0 amide bonds. The van der Waals surface area contributed by atoms with Crippen molar-refractivity contribution in [2.45, 2.75) is 20.0 Å². The molecular formula is C13H14BrFN2. The molecule has 1 aromatic heterocycles. The predicted octanol–water partition coefficient (Wildman–Crippen LogP) is 3.21. The van der Waals surface area contributed by atoms with Gasteiger partial charge in [-0.05, 0) is 30.7 Å². The third kappa shape index (κ3) is 2.58. The van der Waals surface area contributed by atoms with E-state index in [9.17, 15) is 4.39 Å². The third-order valence-corrected chi connectivity index (χ3v) is 3.42. The Hall–Kier alpha value is -1.13. The Labute approximate surface area is 108 Å². The van der Waals surface area contributed by atoms with E-state index in [-0.39, 0.29) is 5.82 Å². The first-order valence-corrected chi connectivity index (χ1v) is 6.19. The van der Waals surface area contributed by atoms with E-state index in [1.54, 1.807) is 6.07 Å². The lowest BCUT2D eigenvalue weighted by Crippen LogP contribution is -2.05. The van der Waals surface area contributed by atoms with Crippen LogP contribution in [0.2, 0.25) is 0 Å². The van der Waals surface area contributed by atoms with Gasteiger partial charge in [-0.2, -0.15) is 0 Å². The molecule has 2 rings (SSSR count). The average molecular weight is 297 g/mol. The number of halogens is 2. The van der Waals surface area contributed by atoms with Crippen molar-refractivity contribution >= 4 is 15.9 Å². The van der Waals surface area contributed by atoms with E-state index < -0.39 is 0 Å². The Balaban J connectivity index is 2.28. The monoisotopic (exact) mass is 296 g/mol. The molecule has 1 aromatic carbocycles. The predicted molar refractivity (Wildman–Crippen MR) is 70.3 cm³/mol. The number of hydrogen-bond acceptors (Lipinski definition) is 1. The van der Waals surface area contributed by atoms with E-state index in [1.807, 2.05) is 29.8 Å². The lowest BCUT2D eigenvalue weighted by atomic mass is 10.2. The number of hydrogen-bond donors (Lipinski definition) is 1. The first-order valence-electron chi connectivity index (χ1n) is 5.40. The van der Waals surface area contributed by atoms with Crippen LogP contribution in [-0.2, 0) is 13.1 Å². The van der Waals surface area contributed by atoms with Gasteiger partial charge in [0.1, 0.15) is 5.82 Å². The van der Waals surface area contributed by atoms with Crippen LogP contribution >= 0.6 is 15.9 Å². The molecule has 0 fully saturated rings. The second-order valence-electron chi connectivity index (χ2n) is 3.99. The van der Waals surface area contributed by atoms with Crippen LogP contribution < -0.4 is 5.73 Å². The quantitative estimate of drug-likeness (QED) is 0.926. The standard InChI is InChI=1S/C13H14BrFN2/c1-9-10(7-16)4-5-17(9)8-11-2-3-12(14)6-13(11)15/h2-6H,7-8,16H2,1H3. The zero-order valence-electron chi connectivity index (χ0n) is 9.58. The highest BCUT2D eigenvalue weighted by Crippen LogP contribution is 2.18. The van der Waals surface area contributed by atoms with Gasteiger partial charge in [0, 0.05) is 28.5 Å². The highest BCUT2D eigenvalue weighted by Gasteiger charge is 2.07. The van der Waals surface area contributed by atoms with Gasteiger partial charge in [0.05, 0.1) is 6.54 Å². The third-order valence-electron chi connectivity index (χ3n) is 2.93. The van der Waals surface area contributed by atoms with Crippen molar-refractivity contribution in [3.05, 3.63) is 57.6 Å². The fraction of sp³-hybridized carbons (Fsp3) is 0.231. The van der Waals surface area contributed by atoms with Gasteiger partial charge in [0.25, 0.3) is 0 Å². The van der Waals surface area contributed by atoms with Crippen molar-refractivity contribution in [2.75, 3.05) is 0 Å². The van der Waals surface area contributed by atoms with Gasteiger partial charge < -0.3 is 10.3 Å². The van der Waals surface area contributed by atoms with Gasteiger partial charge in [-0.1, -0.05) is 22.0 Å². The molecule has 0 radical (unpaired) electrons. The van der Waals surface area contributed by atoms with E-state index in [0.717, 1.165) is 15.7 Å². The van der Waals surface area contributed by atoms with E-state index in [1.165, 1.54) is 6.07 Å². The summed E-state index contributed by atoms with van der Waals surface area (Å²) >= 11 is 3.25. The second-order valence-corrected chi connectivity index (χ2v) is 4.91. The van der Waals surface area contributed by atoms with Crippen LogP contribution in [0.5, 0.6) is 0 Å². The molecule has 4 heteroatoms. The average Bonchev–Trinajstić information content (AvgIpc) is 2.64. The topological polar surface area (TPSA) is 30.9 Å². The molecule has 0 aliphatic rings. The molecule has 2 nitrogen and oxygen atoms in total. The zero-order chi connectivity index (χ0) is 12.4. The maximum absolute atomic E-state index is 13.7. The van der Waals surface area contributed by atoms with Gasteiger partial charge in [-0.3, -0.25) is 0 Å². The molecule has 0 spiro atoms. The maximum Gasteiger partial charge on any atom is 0.129 e. The molecule has 0 bridgehead atoms. The first kappa shape index (κ1) is 12.3. The van der Waals surface area contributed by atoms with E-state index in [0.29, 0.717) is 18.7 Å². The van der Waals surface area contributed by atoms with E-state index in [2.05, 4.69) is 15.9 Å². The lowest BCUT2D eigenvalue weighted by molar-refractivity contribution is 0.597. The summed E-state index contributed by atoms with van der Waals surface area (Å²) in [7, 11) is 0. The van der Waals surface area contributed by atoms with Crippen LogP contribution in [0.1, 0.15) is 16.8 Å². The molecule has 2 N–H and O–H groups in total. The minimum absolute atomic E-state index is 0.193. The van der Waals surface area contributed by atoms with Crippen molar-refractivity contribution in [1.82, 2.24) is 4.57 Å². The zero-order valence-corrected chi connectivity index (χ0v) is 11.2. The van der Waals surface area contributed by atoms with Gasteiger partial charge in [0.2, 0.25) is 0 Å². The lowest BCUT2D eigenvalue weighted by Gasteiger charge is -2.08. The van der Waals surface area contributed by atoms with Crippen LogP contribution in [0.15, 0.2) is 34.9 Å². The Bertz CT molecular complexity index is 534. The summed E-state index contributed by atoms with van der Waals surface area (Å²) < 4.78 is 16.5. The molecule has 17 heavy (non-hydrogen) atoms. The molecule has 0 saturated carbocycles. The molecule has 0 aliphatic heterocycles. The molecule has 0 saturated heterocycles. The Morgan fingerprint density at radius 2 is 2.06 bits per heavy atom. The smallest absolute Gasteiger partial charge is 0.129 e. The van der Waals surface area contributed by atoms with Crippen LogP contribution in [0.25, 0.3) is 0 Å². The molecule has 90 valence electrons. The fourth-order valence-electron chi connectivity index (χ4n) is 1.82.